The number of carbonyl (C=O) groups excluding carboxylic acids is 2. The predicted octanol–water partition coefficient (Wildman–Crippen LogP) is 0.851. The molecule has 6 heteroatoms. The molecule has 3 rings (SSSR count). The molecule has 21 heavy (non-hydrogen) atoms. The number of amides is 2. The lowest BCUT2D eigenvalue weighted by atomic mass is 10.0. The first-order valence-electron chi connectivity index (χ1n) is 6.96. The van der Waals surface area contributed by atoms with Gasteiger partial charge in [0.15, 0.2) is 6.10 Å². The van der Waals surface area contributed by atoms with Crippen molar-refractivity contribution in [3.8, 4) is 0 Å². The molecule has 0 unspecified atom stereocenters. The first-order valence-corrected chi connectivity index (χ1v) is 6.96. The molecule has 2 aliphatic heterocycles. The molecular formula is C15H17N3O3. The molecule has 0 aliphatic carbocycles. The van der Waals surface area contributed by atoms with Crippen LogP contribution in [-0.4, -0.2) is 42.1 Å². The van der Waals surface area contributed by atoms with E-state index in [4.69, 9.17) is 4.84 Å². The Hall–Kier alpha value is -2.37. The highest BCUT2D eigenvalue weighted by atomic mass is 16.6. The third-order valence-corrected chi connectivity index (χ3v) is 3.78. The van der Waals surface area contributed by atoms with E-state index in [1.807, 2.05) is 30.3 Å². The zero-order chi connectivity index (χ0) is 14.8. The van der Waals surface area contributed by atoms with Crippen molar-refractivity contribution in [3.05, 3.63) is 35.9 Å². The van der Waals surface area contributed by atoms with Crippen LogP contribution in [0.5, 0.6) is 0 Å². The molecule has 1 aromatic carbocycles. The average Bonchev–Trinajstić information content (AvgIpc) is 3.08. The van der Waals surface area contributed by atoms with Crippen LogP contribution in [0.25, 0.3) is 0 Å². The number of nitrogens with one attached hydrogen (secondary N) is 1. The van der Waals surface area contributed by atoms with E-state index < -0.39 is 0 Å². The first-order chi connectivity index (χ1) is 10.1. The van der Waals surface area contributed by atoms with Crippen molar-refractivity contribution in [2.24, 2.45) is 5.16 Å². The Balaban J connectivity index is 1.56. The molecule has 0 saturated carbocycles. The molecule has 1 aromatic rings. The number of hydrogen-bond donors (Lipinski definition) is 1. The topological polar surface area (TPSA) is 71.0 Å². The maximum absolute atomic E-state index is 12.1. The summed E-state index contributed by atoms with van der Waals surface area (Å²) >= 11 is 0. The van der Waals surface area contributed by atoms with E-state index in [0.29, 0.717) is 25.1 Å². The van der Waals surface area contributed by atoms with Gasteiger partial charge in [-0.05, 0) is 5.56 Å². The summed E-state index contributed by atoms with van der Waals surface area (Å²) in [4.78, 5) is 30.5. The lowest BCUT2D eigenvalue weighted by molar-refractivity contribution is -0.126. The van der Waals surface area contributed by atoms with Crippen molar-refractivity contribution in [1.82, 2.24) is 10.2 Å². The summed E-state index contributed by atoms with van der Waals surface area (Å²) in [5.41, 5.74) is 1.38. The maximum Gasteiger partial charge on any atom is 0.269 e. The number of nitrogens with zero attached hydrogens (tertiary/aromatic N) is 2. The molecule has 1 fully saturated rings. The van der Waals surface area contributed by atoms with Crippen LogP contribution in [0.2, 0.25) is 0 Å². The number of rotatable bonds is 3. The third-order valence-electron chi connectivity index (χ3n) is 3.78. The lowest BCUT2D eigenvalue weighted by Gasteiger charge is -2.12. The van der Waals surface area contributed by atoms with Gasteiger partial charge in [0.05, 0.1) is 6.04 Å². The van der Waals surface area contributed by atoms with E-state index in [-0.39, 0.29) is 24.0 Å². The van der Waals surface area contributed by atoms with Gasteiger partial charge in [-0.1, -0.05) is 35.5 Å². The van der Waals surface area contributed by atoms with Gasteiger partial charge in [0.1, 0.15) is 5.71 Å². The molecule has 0 bridgehead atoms. The van der Waals surface area contributed by atoms with Crippen LogP contribution in [0.15, 0.2) is 35.5 Å². The summed E-state index contributed by atoms with van der Waals surface area (Å²) in [6.07, 6.45) is 0.588. The van der Waals surface area contributed by atoms with Gasteiger partial charge >= 0.3 is 0 Å². The van der Waals surface area contributed by atoms with Crippen LogP contribution < -0.4 is 5.32 Å². The Morgan fingerprint density at radius 2 is 2.10 bits per heavy atom. The van der Waals surface area contributed by atoms with E-state index in [2.05, 4.69) is 10.5 Å². The van der Waals surface area contributed by atoms with E-state index in [1.54, 1.807) is 11.9 Å². The largest absolute Gasteiger partial charge is 0.387 e. The van der Waals surface area contributed by atoms with Crippen molar-refractivity contribution in [2.75, 3.05) is 13.6 Å². The molecular weight excluding hydrogens is 270 g/mol. The predicted molar refractivity (Wildman–Crippen MR) is 76.5 cm³/mol. The second-order valence-electron chi connectivity index (χ2n) is 5.40. The molecule has 2 heterocycles. The quantitative estimate of drug-likeness (QED) is 0.896. The van der Waals surface area contributed by atoms with E-state index in [9.17, 15) is 9.59 Å². The minimum Gasteiger partial charge on any atom is -0.387 e. The Labute approximate surface area is 122 Å². The van der Waals surface area contributed by atoms with Gasteiger partial charge in [0, 0.05) is 26.4 Å². The van der Waals surface area contributed by atoms with Gasteiger partial charge in [-0.2, -0.15) is 0 Å². The fourth-order valence-corrected chi connectivity index (χ4v) is 2.59. The van der Waals surface area contributed by atoms with Gasteiger partial charge in [-0.3, -0.25) is 9.59 Å². The standard InChI is InChI=1S/C15H17N3O3/c1-18-9-11(7-14(18)19)16-15(20)12-8-13(21-17-12)10-5-3-2-4-6-10/h2-6,11,13H,7-9H2,1H3,(H,16,20)/t11-,13+/m0/s1. The number of likely N-dealkylation sites (tertiary alicyclic amines) is 1. The molecule has 1 saturated heterocycles. The molecule has 0 spiro atoms. The molecule has 110 valence electrons. The molecule has 0 radical (unpaired) electrons. The number of benzene rings is 1. The molecule has 2 atom stereocenters. The smallest absolute Gasteiger partial charge is 0.269 e. The summed E-state index contributed by atoms with van der Waals surface area (Å²) < 4.78 is 0. The number of oxime groups is 1. The highest BCUT2D eigenvalue weighted by molar-refractivity contribution is 6.39. The number of hydrogen-bond acceptors (Lipinski definition) is 4. The minimum atomic E-state index is -0.249. The van der Waals surface area contributed by atoms with Crippen molar-refractivity contribution in [2.45, 2.75) is 25.0 Å². The summed E-state index contributed by atoms with van der Waals surface area (Å²) in [5, 5.41) is 6.72. The fraction of sp³-hybridized carbons (Fsp3) is 0.400. The van der Waals surface area contributed by atoms with Crippen LogP contribution in [0.4, 0.5) is 0 Å². The molecule has 0 aromatic heterocycles. The summed E-state index contributed by atoms with van der Waals surface area (Å²) in [5.74, 6) is -0.200. The zero-order valence-corrected chi connectivity index (χ0v) is 11.8. The van der Waals surface area contributed by atoms with Crippen molar-refractivity contribution >= 4 is 17.5 Å². The van der Waals surface area contributed by atoms with Crippen LogP contribution in [0.1, 0.15) is 24.5 Å². The molecule has 2 amide bonds. The van der Waals surface area contributed by atoms with Crippen LogP contribution in [-0.2, 0) is 14.4 Å². The Morgan fingerprint density at radius 1 is 1.33 bits per heavy atom. The van der Waals surface area contributed by atoms with Crippen LogP contribution in [0, 0.1) is 0 Å². The first kappa shape index (κ1) is 13.6. The highest BCUT2D eigenvalue weighted by Gasteiger charge is 2.32. The van der Waals surface area contributed by atoms with E-state index in [0.717, 1.165) is 5.56 Å². The van der Waals surface area contributed by atoms with Gasteiger partial charge in [-0.25, -0.2) is 0 Å². The second-order valence-corrected chi connectivity index (χ2v) is 5.40. The molecule has 6 nitrogen and oxygen atoms in total. The summed E-state index contributed by atoms with van der Waals surface area (Å²) in [6.45, 7) is 0.542. The van der Waals surface area contributed by atoms with E-state index >= 15 is 0 Å². The highest BCUT2D eigenvalue weighted by Crippen LogP contribution is 2.27. The van der Waals surface area contributed by atoms with Crippen LogP contribution >= 0.6 is 0 Å². The third kappa shape index (κ3) is 2.89. The normalized spacial score (nSPS) is 24.7. The van der Waals surface area contributed by atoms with Crippen molar-refractivity contribution in [1.29, 1.82) is 0 Å². The summed E-state index contributed by atoms with van der Waals surface area (Å²) in [6, 6.07) is 9.54. The SMILES string of the molecule is CN1C[C@@H](NC(=O)C2=NO[C@@H](c3ccccc3)C2)CC1=O. The van der Waals surface area contributed by atoms with Gasteiger partial charge in [0.2, 0.25) is 5.91 Å². The van der Waals surface area contributed by atoms with Crippen molar-refractivity contribution < 1.29 is 14.4 Å². The van der Waals surface area contributed by atoms with Crippen molar-refractivity contribution in [3.63, 3.8) is 0 Å². The van der Waals surface area contributed by atoms with Gasteiger partial charge in [0.25, 0.3) is 5.91 Å². The minimum absolute atomic E-state index is 0.0482. The Bertz CT molecular complexity index is 585. The average molecular weight is 287 g/mol. The number of carbonyl (C=O) groups is 2. The van der Waals surface area contributed by atoms with E-state index in [1.165, 1.54) is 0 Å². The zero-order valence-electron chi connectivity index (χ0n) is 11.8. The van der Waals surface area contributed by atoms with Gasteiger partial charge in [-0.15, -0.1) is 0 Å². The lowest BCUT2D eigenvalue weighted by Crippen LogP contribution is -2.40. The second kappa shape index (κ2) is 5.55. The molecule has 2 aliphatic rings. The van der Waals surface area contributed by atoms with Crippen LogP contribution in [0.3, 0.4) is 0 Å². The number of likely N-dealkylation sites (N-methyl/N-ethyl adjacent to an activating group) is 1. The molecule has 1 N–H and O–H groups in total. The monoisotopic (exact) mass is 287 g/mol. The Kier molecular flexibility index (Phi) is 3.60. The maximum atomic E-state index is 12.1. The van der Waals surface area contributed by atoms with Gasteiger partial charge < -0.3 is 15.1 Å². The summed E-state index contributed by atoms with van der Waals surface area (Å²) in [7, 11) is 1.73. The Morgan fingerprint density at radius 3 is 2.76 bits per heavy atom. The fourth-order valence-electron chi connectivity index (χ4n) is 2.59.